The highest BCUT2D eigenvalue weighted by Crippen LogP contribution is 2.36. The molecule has 0 atom stereocenters. The normalized spacial score (nSPS) is 18.4. The molecule has 1 amide bonds. The Hall–Kier alpha value is -2.93. The summed E-state index contributed by atoms with van der Waals surface area (Å²) in [5.74, 6) is 0.533. The zero-order chi connectivity index (χ0) is 23.6. The van der Waals surface area contributed by atoms with E-state index >= 15 is 0 Å². The zero-order valence-corrected chi connectivity index (χ0v) is 20.3. The van der Waals surface area contributed by atoms with Crippen molar-refractivity contribution in [1.82, 2.24) is 10.2 Å². The third kappa shape index (κ3) is 5.03. The number of piperidine rings is 1. The van der Waals surface area contributed by atoms with E-state index in [4.69, 9.17) is 0 Å². The van der Waals surface area contributed by atoms with E-state index in [0.717, 1.165) is 16.7 Å². The van der Waals surface area contributed by atoms with Gasteiger partial charge in [0.2, 0.25) is 5.91 Å². The minimum absolute atomic E-state index is 0.0590. The summed E-state index contributed by atoms with van der Waals surface area (Å²) in [5, 5.41) is 3.05. The van der Waals surface area contributed by atoms with Crippen LogP contribution in [0.25, 0.3) is 4.91 Å². The van der Waals surface area contributed by atoms with Crippen molar-refractivity contribution in [2.24, 2.45) is 10.3 Å². The molecule has 0 unspecified atom stereocenters. The second-order valence-corrected chi connectivity index (χ2v) is 10.4. The molecule has 1 fully saturated rings. The van der Waals surface area contributed by atoms with Gasteiger partial charge in [0.25, 0.3) is 10.0 Å². The third-order valence-corrected chi connectivity index (χ3v) is 7.80. The molecular weight excluding hydrogens is 434 g/mol. The molecule has 1 saturated heterocycles. The molecule has 0 spiro atoms. The van der Waals surface area contributed by atoms with Gasteiger partial charge >= 0.3 is 0 Å². The van der Waals surface area contributed by atoms with Crippen LogP contribution in [0.5, 0.6) is 0 Å². The minimum Gasteiger partial charge on any atom is -0.356 e. The SMILES string of the molecule is CCC1=C(c2ccc(C)cc2)S(=O)(=O)N=C1N1CCC(C(=O)NCc2cccc(C)c2)CC1. The first-order valence-corrected chi connectivity index (χ1v) is 13.0. The maximum atomic E-state index is 12.9. The second-order valence-electron chi connectivity index (χ2n) is 8.89. The van der Waals surface area contributed by atoms with Crippen LogP contribution in [0, 0.1) is 19.8 Å². The summed E-state index contributed by atoms with van der Waals surface area (Å²) in [6.07, 6.45) is 1.93. The van der Waals surface area contributed by atoms with E-state index in [-0.39, 0.29) is 11.8 Å². The fraction of sp³-hybridized carbons (Fsp3) is 0.385. The van der Waals surface area contributed by atoms with Gasteiger partial charge in [-0.05, 0) is 44.2 Å². The Morgan fingerprint density at radius 1 is 1.06 bits per heavy atom. The molecule has 2 aliphatic rings. The molecule has 7 heteroatoms. The third-order valence-electron chi connectivity index (χ3n) is 6.39. The van der Waals surface area contributed by atoms with E-state index in [1.165, 1.54) is 5.56 Å². The van der Waals surface area contributed by atoms with Crippen LogP contribution in [0.4, 0.5) is 0 Å². The number of hydrogen-bond acceptors (Lipinski definition) is 4. The van der Waals surface area contributed by atoms with E-state index in [1.807, 2.05) is 68.1 Å². The molecule has 2 aromatic rings. The lowest BCUT2D eigenvalue weighted by molar-refractivity contribution is -0.126. The topological polar surface area (TPSA) is 78.8 Å². The number of likely N-dealkylation sites (tertiary alicyclic amines) is 1. The Labute approximate surface area is 196 Å². The van der Waals surface area contributed by atoms with Gasteiger partial charge in [-0.1, -0.05) is 66.6 Å². The van der Waals surface area contributed by atoms with Crippen molar-refractivity contribution in [3.8, 4) is 0 Å². The first kappa shape index (κ1) is 23.2. The number of carbonyl (C=O) groups is 1. The average molecular weight is 466 g/mol. The van der Waals surface area contributed by atoms with E-state index in [9.17, 15) is 13.2 Å². The summed E-state index contributed by atoms with van der Waals surface area (Å²) in [7, 11) is -3.74. The highest BCUT2D eigenvalue weighted by molar-refractivity contribution is 8.00. The van der Waals surface area contributed by atoms with Gasteiger partial charge in [-0.3, -0.25) is 4.79 Å². The van der Waals surface area contributed by atoms with Crippen molar-refractivity contribution in [1.29, 1.82) is 0 Å². The van der Waals surface area contributed by atoms with Crippen molar-refractivity contribution < 1.29 is 13.2 Å². The monoisotopic (exact) mass is 465 g/mol. The average Bonchev–Trinajstić information content (AvgIpc) is 3.08. The molecular formula is C26H31N3O3S. The summed E-state index contributed by atoms with van der Waals surface area (Å²) in [6.45, 7) is 7.73. The minimum atomic E-state index is -3.74. The molecule has 0 bridgehead atoms. The predicted molar refractivity (Wildman–Crippen MR) is 132 cm³/mol. The number of rotatable bonds is 5. The summed E-state index contributed by atoms with van der Waals surface area (Å²) in [4.78, 5) is 15.1. The van der Waals surface area contributed by atoms with Gasteiger partial charge in [0.05, 0.1) is 0 Å². The van der Waals surface area contributed by atoms with Gasteiger partial charge in [-0.15, -0.1) is 4.40 Å². The van der Waals surface area contributed by atoms with E-state index < -0.39 is 10.0 Å². The Balaban J connectivity index is 1.43. The van der Waals surface area contributed by atoms with Gasteiger partial charge in [0.1, 0.15) is 10.7 Å². The Morgan fingerprint density at radius 3 is 2.39 bits per heavy atom. The van der Waals surface area contributed by atoms with Gasteiger partial charge < -0.3 is 10.2 Å². The fourth-order valence-corrected chi connectivity index (χ4v) is 6.10. The summed E-state index contributed by atoms with van der Waals surface area (Å²) in [6, 6.07) is 15.7. The molecule has 1 N–H and O–H groups in total. The highest BCUT2D eigenvalue weighted by atomic mass is 32.2. The molecule has 33 heavy (non-hydrogen) atoms. The van der Waals surface area contributed by atoms with Gasteiger partial charge in [-0.2, -0.15) is 8.42 Å². The molecule has 174 valence electrons. The number of nitrogens with zero attached hydrogens (tertiary/aromatic N) is 2. The quantitative estimate of drug-likeness (QED) is 0.718. The number of carbonyl (C=O) groups excluding carboxylic acids is 1. The van der Waals surface area contributed by atoms with Crippen LogP contribution < -0.4 is 5.32 Å². The lowest BCUT2D eigenvalue weighted by Crippen LogP contribution is -2.43. The van der Waals surface area contributed by atoms with Crippen LogP contribution in [0.15, 0.2) is 58.5 Å². The standard InChI is InChI=1S/C26H31N3O3S/c1-4-23-24(21-10-8-18(2)9-11-21)33(31,32)28-25(23)29-14-12-22(13-15-29)26(30)27-17-20-7-5-6-19(3)16-20/h5-11,16,22H,4,12-15,17H2,1-3H3,(H,27,30). The molecule has 0 aliphatic carbocycles. The fourth-order valence-electron chi connectivity index (χ4n) is 4.58. The number of benzene rings is 2. The number of nitrogens with one attached hydrogen (secondary N) is 1. The summed E-state index contributed by atoms with van der Waals surface area (Å²) in [5.41, 5.74) is 4.79. The van der Waals surface area contributed by atoms with Crippen molar-refractivity contribution in [3.63, 3.8) is 0 Å². The van der Waals surface area contributed by atoms with Crippen molar-refractivity contribution in [2.75, 3.05) is 13.1 Å². The van der Waals surface area contributed by atoms with E-state index in [2.05, 4.69) is 15.8 Å². The molecule has 4 rings (SSSR count). The Kier molecular flexibility index (Phi) is 6.70. The number of amides is 1. The second kappa shape index (κ2) is 9.51. The summed E-state index contributed by atoms with van der Waals surface area (Å²) >= 11 is 0. The zero-order valence-electron chi connectivity index (χ0n) is 19.5. The largest absolute Gasteiger partial charge is 0.356 e. The number of sulfonamides is 1. The van der Waals surface area contributed by atoms with E-state index in [0.29, 0.717) is 55.2 Å². The summed E-state index contributed by atoms with van der Waals surface area (Å²) < 4.78 is 30.1. The first-order chi connectivity index (χ1) is 15.8. The molecule has 6 nitrogen and oxygen atoms in total. The van der Waals surface area contributed by atoms with Crippen LogP contribution in [0.2, 0.25) is 0 Å². The molecule has 2 heterocycles. The van der Waals surface area contributed by atoms with Crippen LogP contribution in [0.3, 0.4) is 0 Å². The molecule has 2 aliphatic heterocycles. The number of amidine groups is 1. The molecule has 0 radical (unpaired) electrons. The Morgan fingerprint density at radius 2 is 1.76 bits per heavy atom. The molecule has 0 saturated carbocycles. The molecule has 2 aromatic carbocycles. The highest BCUT2D eigenvalue weighted by Gasteiger charge is 2.36. The van der Waals surface area contributed by atoms with Gasteiger partial charge in [-0.25, -0.2) is 0 Å². The van der Waals surface area contributed by atoms with E-state index in [1.54, 1.807) is 0 Å². The Bertz CT molecular complexity index is 1210. The maximum Gasteiger partial charge on any atom is 0.285 e. The van der Waals surface area contributed by atoms with Crippen LogP contribution in [-0.2, 0) is 21.4 Å². The van der Waals surface area contributed by atoms with Crippen LogP contribution in [0.1, 0.15) is 48.4 Å². The lowest BCUT2D eigenvalue weighted by atomic mass is 9.94. The van der Waals surface area contributed by atoms with Gasteiger partial charge in [0.15, 0.2) is 0 Å². The molecule has 0 aromatic heterocycles. The van der Waals surface area contributed by atoms with Crippen molar-refractivity contribution in [2.45, 2.75) is 46.6 Å². The maximum absolute atomic E-state index is 12.9. The number of hydrogen-bond donors (Lipinski definition) is 1. The van der Waals surface area contributed by atoms with Crippen molar-refractivity contribution >= 4 is 26.7 Å². The van der Waals surface area contributed by atoms with Crippen LogP contribution in [-0.4, -0.2) is 38.2 Å². The van der Waals surface area contributed by atoms with Crippen LogP contribution >= 0.6 is 0 Å². The van der Waals surface area contributed by atoms with Crippen molar-refractivity contribution in [3.05, 3.63) is 76.4 Å². The van der Waals surface area contributed by atoms with Gasteiger partial charge in [0, 0.05) is 31.1 Å². The first-order valence-electron chi connectivity index (χ1n) is 11.5. The lowest BCUT2D eigenvalue weighted by Gasteiger charge is -2.33. The predicted octanol–water partition coefficient (Wildman–Crippen LogP) is 4.19. The number of aryl methyl sites for hydroxylation is 2. The smallest absolute Gasteiger partial charge is 0.285 e.